The van der Waals surface area contributed by atoms with Crippen LogP contribution < -0.4 is 10.2 Å². The first kappa shape index (κ1) is 21.6. The van der Waals surface area contributed by atoms with E-state index < -0.39 is 17.9 Å². The van der Waals surface area contributed by atoms with Gasteiger partial charge in [0.05, 0.1) is 49.4 Å². The molecule has 1 fully saturated rings. The number of carbonyl (C=O) groups is 3. The summed E-state index contributed by atoms with van der Waals surface area (Å²) in [5.41, 5.74) is 0.864. The van der Waals surface area contributed by atoms with Crippen LogP contribution in [0.2, 0.25) is 0 Å². The quantitative estimate of drug-likeness (QED) is 0.625. The van der Waals surface area contributed by atoms with Gasteiger partial charge in [0, 0.05) is 13.2 Å². The zero-order chi connectivity index (χ0) is 21.7. The Morgan fingerprint density at radius 1 is 1.23 bits per heavy atom. The second-order valence-corrected chi connectivity index (χ2v) is 6.77. The van der Waals surface area contributed by atoms with Crippen LogP contribution in [0.25, 0.3) is 0 Å². The highest BCUT2D eigenvalue weighted by molar-refractivity contribution is 6.04. The number of esters is 2. The summed E-state index contributed by atoms with van der Waals surface area (Å²) in [5.74, 6) is -2.62. The molecule has 0 spiro atoms. The van der Waals surface area contributed by atoms with E-state index in [1.54, 1.807) is 6.07 Å². The fourth-order valence-electron chi connectivity index (χ4n) is 3.40. The normalized spacial score (nSPS) is 18.9. The Hall–Kier alpha value is -3.11. The first-order valence-corrected chi connectivity index (χ1v) is 9.44. The molecular weight excluding hydrogens is 396 g/mol. The third-order valence-corrected chi connectivity index (χ3v) is 4.91. The molecular formula is C20H24N2O8. The Labute approximate surface area is 173 Å². The largest absolute Gasteiger partial charge is 0.478 e. The molecule has 1 aromatic carbocycles. The van der Waals surface area contributed by atoms with E-state index in [0.29, 0.717) is 24.5 Å². The van der Waals surface area contributed by atoms with E-state index in [1.165, 1.54) is 31.3 Å². The van der Waals surface area contributed by atoms with Gasteiger partial charge in [0.1, 0.15) is 12.4 Å². The van der Waals surface area contributed by atoms with E-state index >= 15 is 0 Å². The van der Waals surface area contributed by atoms with E-state index in [2.05, 4.69) is 5.32 Å². The lowest BCUT2D eigenvalue weighted by Gasteiger charge is -2.33. The van der Waals surface area contributed by atoms with E-state index in [-0.39, 0.29) is 36.3 Å². The summed E-state index contributed by atoms with van der Waals surface area (Å²) in [5, 5.41) is 12.7. The molecule has 1 saturated heterocycles. The summed E-state index contributed by atoms with van der Waals surface area (Å²) in [6, 6.07) is 4.47. The van der Waals surface area contributed by atoms with Crippen molar-refractivity contribution in [3.05, 3.63) is 35.0 Å². The standard InChI is InChI=1S/C20H24N2O8/c1-27-19(25)14-10-29-11-22(17(14)20(26)28-2)16-8-12(18(23)24)5-6-15(16)21-9-13-4-3-7-30-13/h5-6,8,13,21H,3-4,7,9-11H2,1-2H3,(H,23,24). The highest BCUT2D eigenvalue weighted by atomic mass is 16.5. The van der Waals surface area contributed by atoms with Gasteiger partial charge >= 0.3 is 17.9 Å². The fraction of sp³-hybridized carbons (Fsp3) is 0.450. The molecule has 0 bridgehead atoms. The third-order valence-electron chi connectivity index (χ3n) is 4.91. The van der Waals surface area contributed by atoms with Crippen molar-refractivity contribution in [2.75, 3.05) is 50.9 Å². The number of carboxylic acid groups (broad SMARTS) is 1. The maximum absolute atomic E-state index is 12.5. The molecule has 10 nitrogen and oxygen atoms in total. The number of anilines is 2. The van der Waals surface area contributed by atoms with Crippen LogP contribution in [0.3, 0.4) is 0 Å². The molecule has 2 N–H and O–H groups in total. The highest BCUT2D eigenvalue weighted by Gasteiger charge is 2.34. The van der Waals surface area contributed by atoms with Crippen LogP contribution in [0.5, 0.6) is 0 Å². The van der Waals surface area contributed by atoms with Crippen molar-refractivity contribution in [3.8, 4) is 0 Å². The minimum absolute atomic E-state index is 0.0126. The second-order valence-electron chi connectivity index (χ2n) is 6.77. The minimum atomic E-state index is -1.13. The van der Waals surface area contributed by atoms with Gasteiger partial charge in [-0.25, -0.2) is 14.4 Å². The summed E-state index contributed by atoms with van der Waals surface area (Å²) in [6.07, 6.45) is 1.94. The smallest absolute Gasteiger partial charge is 0.355 e. The van der Waals surface area contributed by atoms with E-state index in [9.17, 15) is 19.5 Å². The van der Waals surface area contributed by atoms with Gasteiger partial charge in [-0.05, 0) is 31.0 Å². The van der Waals surface area contributed by atoms with Crippen LogP contribution in [0.1, 0.15) is 23.2 Å². The van der Waals surface area contributed by atoms with Crippen molar-refractivity contribution in [1.29, 1.82) is 0 Å². The molecule has 2 heterocycles. The predicted molar refractivity (Wildman–Crippen MR) is 105 cm³/mol. The van der Waals surface area contributed by atoms with Gasteiger partial charge in [-0.15, -0.1) is 0 Å². The van der Waals surface area contributed by atoms with Gasteiger partial charge in [-0.3, -0.25) is 0 Å². The number of nitrogens with one attached hydrogen (secondary N) is 1. The van der Waals surface area contributed by atoms with Gasteiger partial charge in [-0.2, -0.15) is 0 Å². The minimum Gasteiger partial charge on any atom is -0.478 e. The second kappa shape index (κ2) is 9.59. The highest BCUT2D eigenvalue weighted by Crippen LogP contribution is 2.34. The van der Waals surface area contributed by atoms with Crippen LogP contribution in [0.4, 0.5) is 11.4 Å². The molecule has 10 heteroatoms. The Balaban J connectivity index is 2.04. The van der Waals surface area contributed by atoms with Crippen LogP contribution in [-0.4, -0.2) is 69.8 Å². The summed E-state index contributed by atoms with van der Waals surface area (Å²) in [7, 11) is 2.39. The monoisotopic (exact) mass is 420 g/mol. The number of rotatable bonds is 7. The van der Waals surface area contributed by atoms with Crippen LogP contribution in [0.15, 0.2) is 29.5 Å². The lowest BCUT2D eigenvalue weighted by molar-refractivity contribution is -0.140. The number of ether oxygens (including phenoxy) is 4. The summed E-state index contributed by atoms with van der Waals surface area (Å²) in [4.78, 5) is 37.7. The number of nitrogens with zero attached hydrogens (tertiary/aromatic N) is 1. The molecule has 2 aliphatic rings. The molecule has 1 unspecified atom stereocenters. The van der Waals surface area contributed by atoms with E-state index in [0.717, 1.165) is 12.8 Å². The zero-order valence-electron chi connectivity index (χ0n) is 16.8. The van der Waals surface area contributed by atoms with Gasteiger partial charge in [-0.1, -0.05) is 0 Å². The molecule has 0 radical (unpaired) electrons. The number of hydrogen-bond donors (Lipinski definition) is 2. The Kier molecular flexibility index (Phi) is 6.91. The van der Waals surface area contributed by atoms with Gasteiger partial charge in [0.2, 0.25) is 0 Å². The molecule has 0 saturated carbocycles. The molecule has 162 valence electrons. The number of carbonyl (C=O) groups excluding carboxylic acids is 2. The van der Waals surface area contributed by atoms with Gasteiger partial charge in [0.15, 0.2) is 0 Å². The number of methoxy groups -OCH3 is 2. The number of carboxylic acids is 1. The summed E-state index contributed by atoms with van der Waals surface area (Å²) in [6.45, 7) is 0.998. The van der Waals surface area contributed by atoms with Crippen molar-refractivity contribution in [1.82, 2.24) is 0 Å². The van der Waals surface area contributed by atoms with Crippen molar-refractivity contribution in [3.63, 3.8) is 0 Å². The third kappa shape index (κ3) is 4.55. The Morgan fingerprint density at radius 2 is 2.00 bits per heavy atom. The van der Waals surface area contributed by atoms with Crippen LogP contribution >= 0.6 is 0 Å². The fourth-order valence-corrected chi connectivity index (χ4v) is 3.40. The van der Waals surface area contributed by atoms with E-state index in [1.807, 2.05) is 0 Å². The van der Waals surface area contributed by atoms with Crippen LogP contribution in [-0.2, 0) is 28.5 Å². The SMILES string of the molecule is COC(=O)C1=C(C(=O)OC)N(c2cc(C(=O)O)ccc2NCC2CCCO2)COC1. The molecule has 1 aromatic rings. The average molecular weight is 420 g/mol. The number of hydrogen-bond acceptors (Lipinski definition) is 9. The summed E-state index contributed by atoms with van der Waals surface area (Å²) >= 11 is 0. The van der Waals surface area contributed by atoms with Crippen molar-refractivity contribution < 1.29 is 38.4 Å². The number of aromatic carboxylic acids is 1. The average Bonchev–Trinajstić information content (AvgIpc) is 3.29. The van der Waals surface area contributed by atoms with Gasteiger partial charge in [0.25, 0.3) is 0 Å². The summed E-state index contributed by atoms with van der Waals surface area (Å²) < 4.78 is 20.7. The number of benzene rings is 1. The maximum atomic E-state index is 12.5. The first-order chi connectivity index (χ1) is 14.5. The topological polar surface area (TPSA) is 124 Å². The van der Waals surface area contributed by atoms with Crippen LogP contribution in [0, 0.1) is 0 Å². The van der Waals surface area contributed by atoms with Crippen molar-refractivity contribution in [2.24, 2.45) is 0 Å². The molecule has 0 aliphatic carbocycles. The van der Waals surface area contributed by atoms with Crippen molar-refractivity contribution >= 4 is 29.3 Å². The molecule has 0 aromatic heterocycles. The lowest BCUT2D eigenvalue weighted by Crippen LogP contribution is -2.39. The predicted octanol–water partition coefficient (Wildman–Crippen LogP) is 1.37. The van der Waals surface area contributed by atoms with Gasteiger partial charge < -0.3 is 34.3 Å². The maximum Gasteiger partial charge on any atom is 0.355 e. The first-order valence-electron chi connectivity index (χ1n) is 9.44. The molecule has 30 heavy (non-hydrogen) atoms. The Bertz CT molecular complexity index is 860. The lowest BCUT2D eigenvalue weighted by atomic mass is 10.1. The van der Waals surface area contributed by atoms with Crippen molar-refractivity contribution in [2.45, 2.75) is 18.9 Å². The zero-order valence-corrected chi connectivity index (χ0v) is 16.8. The Morgan fingerprint density at radius 3 is 2.63 bits per heavy atom. The molecule has 1 atom stereocenters. The molecule has 3 rings (SSSR count). The molecule has 0 amide bonds. The van der Waals surface area contributed by atoms with E-state index in [4.69, 9.17) is 18.9 Å². The molecule has 2 aliphatic heterocycles.